The molecule has 0 aliphatic carbocycles. The fraction of sp³-hybridized carbons (Fsp3) is 0.562. The Bertz CT molecular complexity index is 662. The maximum Gasteiger partial charge on any atom is 0.165 e. The molecule has 3 heterocycles. The van der Waals surface area contributed by atoms with E-state index >= 15 is 0 Å². The van der Waals surface area contributed by atoms with Crippen molar-refractivity contribution in [1.82, 2.24) is 15.0 Å². The highest BCUT2D eigenvalue weighted by atomic mass is 16.5. The molecular formula is C16H22N4O2. The highest BCUT2D eigenvalue weighted by Gasteiger charge is 2.23. The molecular weight excluding hydrogens is 280 g/mol. The summed E-state index contributed by atoms with van der Waals surface area (Å²) in [5.41, 5.74) is 2.91. The summed E-state index contributed by atoms with van der Waals surface area (Å²) in [4.78, 5) is 15.7. The van der Waals surface area contributed by atoms with E-state index in [1.807, 2.05) is 6.92 Å². The van der Waals surface area contributed by atoms with Gasteiger partial charge in [0.15, 0.2) is 5.65 Å². The van der Waals surface area contributed by atoms with E-state index in [1.54, 1.807) is 13.4 Å². The average Bonchev–Trinajstić information content (AvgIpc) is 2.52. The monoisotopic (exact) mass is 302 g/mol. The second-order valence-corrected chi connectivity index (χ2v) is 5.70. The summed E-state index contributed by atoms with van der Waals surface area (Å²) in [6, 6.07) is 2.08. The van der Waals surface area contributed by atoms with Crippen LogP contribution < -0.4 is 4.90 Å². The number of fused-ring (bicyclic) bond motifs is 1. The Kier molecular flexibility index (Phi) is 4.49. The lowest BCUT2D eigenvalue weighted by Crippen LogP contribution is -2.43. The maximum atomic E-state index is 5.81. The van der Waals surface area contributed by atoms with Crippen LogP contribution in [0.3, 0.4) is 0 Å². The molecule has 6 heteroatoms. The van der Waals surface area contributed by atoms with Crippen LogP contribution in [-0.2, 0) is 9.47 Å². The van der Waals surface area contributed by atoms with Gasteiger partial charge in [0.2, 0.25) is 0 Å². The lowest BCUT2D eigenvalue weighted by atomic mass is 10.1. The molecule has 0 spiro atoms. The molecule has 0 amide bonds. The van der Waals surface area contributed by atoms with Crippen LogP contribution in [0.15, 0.2) is 12.4 Å². The zero-order valence-electron chi connectivity index (χ0n) is 13.4. The molecule has 0 unspecified atom stereocenters. The van der Waals surface area contributed by atoms with Gasteiger partial charge in [-0.15, -0.1) is 0 Å². The summed E-state index contributed by atoms with van der Waals surface area (Å²) in [5, 5.41) is 1.04. The molecule has 0 radical (unpaired) electrons. The van der Waals surface area contributed by atoms with E-state index in [2.05, 4.69) is 32.8 Å². The zero-order valence-corrected chi connectivity index (χ0v) is 13.4. The number of ether oxygens (including phenoxy) is 2. The van der Waals surface area contributed by atoms with Crippen molar-refractivity contribution in [1.29, 1.82) is 0 Å². The maximum absolute atomic E-state index is 5.81. The number of rotatable bonds is 4. The predicted molar refractivity (Wildman–Crippen MR) is 85.3 cm³/mol. The molecule has 3 rings (SSSR count). The fourth-order valence-corrected chi connectivity index (χ4v) is 2.97. The van der Waals surface area contributed by atoms with Crippen molar-refractivity contribution in [3.63, 3.8) is 0 Å². The molecule has 2 aromatic rings. The smallest absolute Gasteiger partial charge is 0.165 e. The van der Waals surface area contributed by atoms with Crippen molar-refractivity contribution in [3.05, 3.63) is 23.7 Å². The minimum atomic E-state index is 0.178. The van der Waals surface area contributed by atoms with E-state index in [0.29, 0.717) is 13.2 Å². The Balaban J connectivity index is 1.92. The van der Waals surface area contributed by atoms with Crippen molar-refractivity contribution in [2.24, 2.45) is 0 Å². The van der Waals surface area contributed by atoms with Crippen molar-refractivity contribution in [2.45, 2.75) is 26.4 Å². The summed E-state index contributed by atoms with van der Waals surface area (Å²) in [5.74, 6) is 0.959. The Hall–Kier alpha value is -1.79. The highest BCUT2D eigenvalue weighted by molar-refractivity contribution is 5.90. The minimum Gasteiger partial charge on any atom is -0.385 e. The summed E-state index contributed by atoms with van der Waals surface area (Å²) in [6.45, 7) is 7.16. The van der Waals surface area contributed by atoms with Gasteiger partial charge in [-0.2, -0.15) is 0 Å². The van der Waals surface area contributed by atoms with Gasteiger partial charge in [-0.25, -0.2) is 15.0 Å². The van der Waals surface area contributed by atoms with Gasteiger partial charge in [0.1, 0.15) is 12.1 Å². The number of pyridine rings is 1. The van der Waals surface area contributed by atoms with Crippen LogP contribution in [0.5, 0.6) is 0 Å². The average molecular weight is 302 g/mol. The number of anilines is 1. The Morgan fingerprint density at radius 2 is 2.23 bits per heavy atom. The molecule has 1 fully saturated rings. The van der Waals surface area contributed by atoms with Crippen molar-refractivity contribution in [3.8, 4) is 0 Å². The van der Waals surface area contributed by atoms with Gasteiger partial charge in [-0.3, -0.25) is 0 Å². The number of methoxy groups -OCH3 is 1. The molecule has 2 aromatic heterocycles. The van der Waals surface area contributed by atoms with Crippen molar-refractivity contribution in [2.75, 3.05) is 38.3 Å². The summed E-state index contributed by atoms with van der Waals surface area (Å²) in [6.07, 6.45) is 2.67. The topological polar surface area (TPSA) is 60.4 Å². The van der Waals surface area contributed by atoms with Crippen LogP contribution in [-0.4, -0.2) is 54.5 Å². The third-order valence-electron chi connectivity index (χ3n) is 3.99. The summed E-state index contributed by atoms with van der Waals surface area (Å²) in [7, 11) is 1.72. The second kappa shape index (κ2) is 6.54. The second-order valence-electron chi connectivity index (χ2n) is 5.70. The lowest BCUT2D eigenvalue weighted by Gasteiger charge is -2.34. The molecule has 1 aliphatic rings. The first kappa shape index (κ1) is 15.1. The number of nitrogens with zero attached hydrogens (tertiary/aromatic N) is 4. The van der Waals surface area contributed by atoms with Gasteiger partial charge >= 0.3 is 0 Å². The number of morpholine rings is 1. The standard InChI is InChI=1S/C16H22N4O2/c1-11-8-12(2)19-15-14(11)16(18-10-17-15)20-5-7-22-13(9-20)4-6-21-3/h8,10,13H,4-7,9H2,1-3H3/t13-/m1/s1. The van der Waals surface area contributed by atoms with Gasteiger partial charge in [-0.05, 0) is 31.9 Å². The van der Waals surface area contributed by atoms with Gasteiger partial charge in [-0.1, -0.05) is 0 Å². The van der Waals surface area contributed by atoms with Crippen LogP contribution in [0, 0.1) is 13.8 Å². The number of aryl methyl sites for hydroxylation is 2. The first-order chi connectivity index (χ1) is 10.7. The van der Waals surface area contributed by atoms with Crippen LogP contribution in [0.25, 0.3) is 11.0 Å². The quantitative estimate of drug-likeness (QED) is 0.859. The van der Waals surface area contributed by atoms with E-state index in [9.17, 15) is 0 Å². The third kappa shape index (κ3) is 3.03. The molecule has 0 bridgehead atoms. The van der Waals surface area contributed by atoms with E-state index in [4.69, 9.17) is 9.47 Å². The molecule has 0 N–H and O–H groups in total. The van der Waals surface area contributed by atoms with Crippen molar-refractivity contribution < 1.29 is 9.47 Å². The molecule has 1 aliphatic heterocycles. The first-order valence-corrected chi connectivity index (χ1v) is 7.63. The summed E-state index contributed by atoms with van der Waals surface area (Å²) < 4.78 is 11.0. The lowest BCUT2D eigenvalue weighted by molar-refractivity contribution is 0.0190. The van der Waals surface area contributed by atoms with Crippen LogP contribution in [0.1, 0.15) is 17.7 Å². The fourth-order valence-electron chi connectivity index (χ4n) is 2.97. The van der Waals surface area contributed by atoms with E-state index < -0.39 is 0 Å². The Labute approximate surface area is 130 Å². The van der Waals surface area contributed by atoms with Crippen LogP contribution >= 0.6 is 0 Å². The SMILES string of the molecule is COCC[C@@H]1CN(c2ncnc3nc(C)cc(C)c23)CCO1. The van der Waals surface area contributed by atoms with Crippen LogP contribution in [0.4, 0.5) is 5.82 Å². The summed E-state index contributed by atoms with van der Waals surface area (Å²) >= 11 is 0. The van der Waals surface area contributed by atoms with E-state index in [0.717, 1.165) is 47.6 Å². The number of hydrogen-bond donors (Lipinski definition) is 0. The molecule has 0 saturated carbocycles. The highest BCUT2D eigenvalue weighted by Crippen LogP contribution is 2.27. The minimum absolute atomic E-state index is 0.178. The van der Waals surface area contributed by atoms with Gasteiger partial charge in [0.25, 0.3) is 0 Å². The molecule has 118 valence electrons. The Morgan fingerprint density at radius 3 is 3.05 bits per heavy atom. The predicted octanol–water partition coefficient (Wildman–Crippen LogP) is 1.88. The normalized spacial score (nSPS) is 18.9. The number of hydrogen-bond acceptors (Lipinski definition) is 6. The first-order valence-electron chi connectivity index (χ1n) is 7.63. The van der Waals surface area contributed by atoms with E-state index in [-0.39, 0.29) is 6.10 Å². The molecule has 22 heavy (non-hydrogen) atoms. The molecule has 6 nitrogen and oxygen atoms in total. The van der Waals surface area contributed by atoms with Crippen LogP contribution in [0.2, 0.25) is 0 Å². The largest absolute Gasteiger partial charge is 0.385 e. The van der Waals surface area contributed by atoms with E-state index in [1.165, 1.54) is 0 Å². The number of aromatic nitrogens is 3. The van der Waals surface area contributed by atoms with Gasteiger partial charge < -0.3 is 14.4 Å². The third-order valence-corrected chi connectivity index (χ3v) is 3.99. The van der Waals surface area contributed by atoms with Gasteiger partial charge in [0.05, 0.1) is 18.1 Å². The molecule has 0 aromatic carbocycles. The Morgan fingerprint density at radius 1 is 1.36 bits per heavy atom. The molecule has 1 atom stereocenters. The van der Waals surface area contributed by atoms with Crippen molar-refractivity contribution >= 4 is 16.9 Å². The van der Waals surface area contributed by atoms with Gasteiger partial charge in [0, 0.05) is 32.5 Å². The zero-order chi connectivity index (χ0) is 15.5. The molecule has 1 saturated heterocycles.